The minimum Gasteiger partial charge on any atom is -0.342 e. The molecule has 0 aliphatic carbocycles. The van der Waals surface area contributed by atoms with Gasteiger partial charge in [0.05, 0.1) is 17.4 Å². The number of rotatable bonds is 4. The lowest BCUT2D eigenvalue weighted by Crippen LogP contribution is -2.58. The standard InChI is InChI=1S/C27H26N4O2/c1-29-14-15-31(26(32)21-12-13-24-23(16-21)28-18-30(24)2)25(27(29)33)17-20-10-6-7-11-22(20)19-8-4-3-5-9-19/h3-13,16,18,25H,14-15,17H2,1-2H3/t25-/m0/s1. The van der Waals surface area contributed by atoms with Crippen LogP contribution in [0.25, 0.3) is 22.2 Å². The largest absolute Gasteiger partial charge is 0.342 e. The van der Waals surface area contributed by atoms with Crippen LogP contribution in [0.3, 0.4) is 0 Å². The van der Waals surface area contributed by atoms with Gasteiger partial charge in [0.1, 0.15) is 6.04 Å². The van der Waals surface area contributed by atoms with Crippen LogP contribution in [0.2, 0.25) is 0 Å². The van der Waals surface area contributed by atoms with Crippen molar-refractivity contribution < 1.29 is 9.59 Å². The van der Waals surface area contributed by atoms with E-state index >= 15 is 0 Å². The molecule has 0 radical (unpaired) electrons. The summed E-state index contributed by atoms with van der Waals surface area (Å²) in [5.74, 6) is -0.164. The number of fused-ring (bicyclic) bond motifs is 1. The van der Waals surface area contributed by atoms with E-state index in [1.807, 2.05) is 66.2 Å². The highest BCUT2D eigenvalue weighted by atomic mass is 16.2. The van der Waals surface area contributed by atoms with Crippen molar-refractivity contribution in [1.82, 2.24) is 19.4 Å². The summed E-state index contributed by atoms with van der Waals surface area (Å²) in [6, 6.07) is 23.3. The van der Waals surface area contributed by atoms with Gasteiger partial charge >= 0.3 is 0 Å². The maximum absolute atomic E-state index is 13.6. The molecule has 5 rings (SSSR count). The molecular weight excluding hydrogens is 412 g/mol. The van der Waals surface area contributed by atoms with Crippen molar-refractivity contribution >= 4 is 22.8 Å². The molecule has 1 aliphatic heterocycles. The molecular formula is C27H26N4O2. The highest BCUT2D eigenvalue weighted by molar-refractivity contribution is 6.00. The molecule has 2 amide bonds. The number of nitrogens with zero attached hydrogens (tertiary/aromatic N) is 4. The lowest BCUT2D eigenvalue weighted by molar-refractivity contribution is -0.138. The van der Waals surface area contributed by atoms with Crippen molar-refractivity contribution in [3.8, 4) is 11.1 Å². The number of aromatic nitrogens is 2. The second-order valence-corrected chi connectivity index (χ2v) is 8.56. The van der Waals surface area contributed by atoms with Crippen molar-refractivity contribution in [2.45, 2.75) is 12.5 Å². The summed E-state index contributed by atoms with van der Waals surface area (Å²) in [5.41, 5.74) is 5.53. The summed E-state index contributed by atoms with van der Waals surface area (Å²) in [5, 5.41) is 0. The summed E-state index contributed by atoms with van der Waals surface area (Å²) in [4.78, 5) is 34.7. The Balaban J connectivity index is 1.49. The third-order valence-electron chi connectivity index (χ3n) is 6.46. The number of imidazole rings is 1. The van der Waals surface area contributed by atoms with E-state index in [-0.39, 0.29) is 11.8 Å². The van der Waals surface area contributed by atoms with E-state index in [2.05, 4.69) is 23.2 Å². The average molecular weight is 439 g/mol. The van der Waals surface area contributed by atoms with E-state index in [1.165, 1.54) is 0 Å². The highest BCUT2D eigenvalue weighted by Crippen LogP contribution is 2.27. The van der Waals surface area contributed by atoms with Crippen LogP contribution >= 0.6 is 0 Å². The molecule has 1 aliphatic rings. The normalized spacial score (nSPS) is 16.4. The van der Waals surface area contributed by atoms with E-state index < -0.39 is 6.04 Å². The smallest absolute Gasteiger partial charge is 0.254 e. The molecule has 166 valence electrons. The van der Waals surface area contributed by atoms with Gasteiger partial charge in [-0.3, -0.25) is 9.59 Å². The Bertz CT molecular complexity index is 1330. The molecule has 1 fully saturated rings. The molecule has 0 saturated carbocycles. The lowest BCUT2D eigenvalue weighted by atomic mass is 9.93. The van der Waals surface area contributed by atoms with Gasteiger partial charge in [0.25, 0.3) is 5.91 Å². The maximum Gasteiger partial charge on any atom is 0.254 e. The number of likely N-dealkylation sites (N-methyl/N-ethyl adjacent to an activating group) is 1. The lowest BCUT2D eigenvalue weighted by Gasteiger charge is -2.39. The fourth-order valence-electron chi connectivity index (χ4n) is 4.59. The molecule has 6 heteroatoms. The second-order valence-electron chi connectivity index (χ2n) is 8.56. The van der Waals surface area contributed by atoms with Crippen molar-refractivity contribution in [2.75, 3.05) is 20.1 Å². The number of benzene rings is 3. The zero-order valence-corrected chi connectivity index (χ0v) is 18.8. The first-order valence-electron chi connectivity index (χ1n) is 11.1. The van der Waals surface area contributed by atoms with Gasteiger partial charge < -0.3 is 14.4 Å². The Morgan fingerprint density at radius 1 is 0.970 bits per heavy atom. The van der Waals surface area contributed by atoms with Gasteiger partial charge in [-0.2, -0.15) is 0 Å². The van der Waals surface area contributed by atoms with Crippen molar-refractivity contribution in [2.24, 2.45) is 7.05 Å². The van der Waals surface area contributed by atoms with Crippen molar-refractivity contribution in [1.29, 1.82) is 0 Å². The molecule has 0 unspecified atom stereocenters. The predicted octanol–water partition coefficient (Wildman–Crippen LogP) is 3.77. The van der Waals surface area contributed by atoms with Gasteiger partial charge in [0, 0.05) is 39.2 Å². The van der Waals surface area contributed by atoms with Crippen LogP contribution in [0.5, 0.6) is 0 Å². The first kappa shape index (κ1) is 20.9. The molecule has 1 aromatic heterocycles. The van der Waals surface area contributed by atoms with E-state index in [4.69, 9.17) is 0 Å². The maximum atomic E-state index is 13.6. The molecule has 6 nitrogen and oxygen atoms in total. The first-order chi connectivity index (χ1) is 16.0. The van der Waals surface area contributed by atoms with E-state index in [9.17, 15) is 9.59 Å². The van der Waals surface area contributed by atoms with Gasteiger partial charge in [-0.25, -0.2) is 4.98 Å². The number of piperazine rings is 1. The van der Waals surface area contributed by atoms with Crippen LogP contribution in [0.4, 0.5) is 0 Å². The van der Waals surface area contributed by atoms with E-state index in [0.29, 0.717) is 25.1 Å². The molecule has 3 aromatic carbocycles. The molecule has 4 aromatic rings. The number of carbonyl (C=O) groups is 2. The van der Waals surface area contributed by atoms with Gasteiger partial charge in [-0.05, 0) is 34.9 Å². The number of hydrogen-bond donors (Lipinski definition) is 0. The molecule has 33 heavy (non-hydrogen) atoms. The van der Waals surface area contributed by atoms with Crippen LogP contribution in [0.1, 0.15) is 15.9 Å². The Kier molecular flexibility index (Phi) is 5.42. The van der Waals surface area contributed by atoms with Gasteiger partial charge in [0.15, 0.2) is 0 Å². The third-order valence-corrected chi connectivity index (χ3v) is 6.46. The zero-order chi connectivity index (χ0) is 22.9. The van der Waals surface area contributed by atoms with Crippen LogP contribution in [-0.2, 0) is 18.3 Å². The third kappa shape index (κ3) is 3.89. The molecule has 0 bridgehead atoms. The molecule has 1 saturated heterocycles. The number of hydrogen-bond acceptors (Lipinski definition) is 3. The SMILES string of the molecule is CN1CCN(C(=O)c2ccc3c(c2)ncn3C)[C@@H](Cc2ccccc2-c2ccccc2)C1=O. The van der Waals surface area contributed by atoms with Gasteiger partial charge in [-0.15, -0.1) is 0 Å². The van der Waals surface area contributed by atoms with E-state index in [1.54, 1.807) is 23.2 Å². The number of amides is 2. The summed E-state index contributed by atoms with van der Waals surface area (Å²) in [6.45, 7) is 1.02. The fourth-order valence-corrected chi connectivity index (χ4v) is 4.59. The van der Waals surface area contributed by atoms with Crippen molar-refractivity contribution in [3.05, 3.63) is 90.3 Å². The van der Waals surface area contributed by atoms with Gasteiger partial charge in [-0.1, -0.05) is 54.6 Å². The Morgan fingerprint density at radius 3 is 2.55 bits per heavy atom. The summed E-state index contributed by atoms with van der Waals surface area (Å²) < 4.78 is 1.92. The van der Waals surface area contributed by atoms with Crippen LogP contribution in [0, 0.1) is 0 Å². The Hall–Kier alpha value is -3.93. The molecule has 0 spiro atoms. The molecule has 2 heterocycles. The highest BCUT2D eigenvalue weighted by Gasteiger charge is 2.36. The minimum atomic E-state index is -0.555. The monoisotopic (exact) mass is 438 g/mol. The Morgan fingerprint density at radius 2 is 1.73 bits per heavy atom. The first-order valence-corrected chi connectivity index (χ1v) is 11.1. The van der Waals surface area contributed by atoms with Crippen molar-refractivity contribution in [3.63, 3.8) is 0 Å². The molecule has 1 atom stereocenters. The second kappa shape index (κ2) is 8.54. The number of carbonyl (C=O) groups excluding carboxylic acids is 2. The fraction of sp³-hybridized carbons (Fsp3) is 0.222. The van der Waals surface area contributed by atoms with Crippen LogP contribution in [0.15, 0.2) is 79.1 Å². The van der Waals surface area contributed by atoms with Gasteiger partial charge in [0.2, 0.25) is 5.91 Å². The number of aryl methyl sites for hydroxylation is 1. The topological polar surface area (TPSA) is 58.4 Å². The van der Waals surface area contributed by atoms with Crippen LogP contribution < -0.4 is 0 Å². The quantitative estimate of drug-likeness (QED) is 0.487. The summed E-state index contributed by atoms with van der Waals surface area (Å²) >= 11 is 0. The summed E-state index contributed by atoms with van der Waals surface area (Å²) in [6.07, 6.45) is 2.20. The minimum absolute atomic E-state index is 0.0311. The summed E-state index contributed by atoms with van der Waals surface area (Å²) in [7, 11) is 3.73. The Labute approximate surface area is 193 Å². The predicted molar refractivity (Wildman–Crippen MR) is 129 cm³/mol. The van der Waals surface area contributed by atoms with E-state index in [0.717, 1.165) is 27.7 Å². The average Bonchev–Trinajstić information content (AvgIpc) is 3.22. The van der Waals surface area contributed by atoms with Crippen LogP contribution in [-0.4, -0.2) is 57.3 Å². The zero-order valence-electron chi connectivity index (χ0n) is 18.8. The molecule has 0 N–H and O–H groups in total.